The predicted octanol–water partition coefficient (Wildman–Crippen LogP) is 3.38. The molecule has 0 saturated carbocycles. The number of nitrogens with one attached hydrogen (secondary N) is 1. The Balaban J connectivity index is 1.24. The number of urea groups is 1. The summed E-state index contributed by atoms with van der Waals surface area (Å²) in [5.74, 6) is 0.251. The number of hydrogen-bond acceptors (Lipinski definition) is 5. The molecule has 2 aliphatic rings. The summed E-state index contributed by atoms with van der Waals surface area (Å²) in [7, 11) is 0. The number of rotatable bonds is 4. The van der Waals surface area contributed by atoms with Crippen LogP contribution in [0.1, 0.15) is 30.9 Å². The molecule has 10 heteroatoms. The van der Waals surface area contributed by atoms with Crippen LogP contribution in [-0.2, 0) is 12.7 Å². The maximum absolute atomic E-state index is 12.9. The Kier molecular flexibility index (Phi) is 7.02. The molecule has 0 unspecified atom stereocenters. The van der Waals surface area contributed by atoms with Crippen LogP contribution in [0.25, 0.3) is 0 Å². The fourth-order valence-electron chi connectivity index (χ4n) is 4.41. The van der Waals surface area contributed by atoms with Crippen molar-refractivity contribution in [2.24, 2.45) is 0 Å². The van der Waals surface area contributed by atoms with Gasteiger partial charge in [-0.15, -0.1) is 0 Å². The van der Waals surface area contributed by atoms with Crippen LogP contribution < -0.4 is 10.2 Å². The minimum absolute atomic E-state index is 0.0861. The molecule has 0 spiro atoms. The minimum atomic E-state index is -4.46. The lowest BCUT2D eigenvalue weighted by atomic mass is 10.0. The molecule has 1 aromatic heterocycles. The number of anilines is 1. The van der Waals surface area contributed by atoms with Crippen molar-refractivity contribution in [1.29, 1.82) is 0 Å². The Morgan fingerprint density at radius 1 is 1.06 bits per heavy atom. The van der Waals surface area contributed by atoms with Gasteiger partial charge in [0.05, 0.1) is 5.56 Å². The number of likely N-dealkylation sites (tertiary alicyclic amines) is 1. The number of halogens is 3. The molecule has 2 amide bonds. The topological polar surface area (TPSA) is 64.6 Å². The van der Waals surface area contributed by atoms with Crippen LogP contribution in [0, 0.1) is 0 Å². The summed E-state index contributed by atoms with van der Waals surface area (Å²) >= 11 is 0. The molecule has 3 heterocycles. The van der Waals surface area contributed by atoms with Crippen LogP contribution in [-0.4, -0.2) is 70.6 Å². The molecule has 0 bridgehead atoms. The third kappa shape index (κ3) is 5.93. The first-order chi connectivity index (χ1) is 15.8. The largest absolute Gasteiger partial charge is 0.419 e. The summed E-state index contributed by atoms with van der Waals surface area (Å²) in [6.45, 7) is 6.13. The normalized spacial score (nSPS) is 20.7. The van der Waals surface area contributed by atoms with E-state index in [0.717, 1.165) is 44.9 Å². The molecular formula is C23H29F3N6O. The summed E-state index contributed by atoms with van der Waals surface area (Å²) < 4.78 is 38.2. The van der Waals surface area contributed by atoms with Crippen molar-refractivity contribution in [3.63, 3.8) is 0 Å². The Bertz CT molecular complexity index is 916. The van der Waals surface area contributed by atoms with E-state index in [1.54, 1.807) is 4.90 Å². The fraction of sp³-hybridized carbons (Fsp3) is 0.522. The second-order valence-corrected chi connectivity index (χ2v) is 8.74. The Labute approximate surface area is 191 Å². The molecule has 0 aliphatic carbocycles. The molecular weight excluding hydrogens is 433 g/mol. The van der Waals surface area contributed by atoms with Gasteiger partial charge in [-0.3, -0.25) is 4.90 Å². The monoisotopic (exact) mass is 462 g/mol. The average molecular weight is 463 g/mol. The van der Waals surface area contributed by atoms with Crippen LogP contribution in [0.5, 0.6) is 0 Å². The molecule has 2 aromatic rings. The van der Waals surface area contributed by atoms with Crippen molar-refractivity contribution in [2.75, 3.05) is 37.6 Å². The zero-order valence-corrected chi connectivity index (χ0v) is 18.6. The highest BCUT2D eigenvalue weighted by molar-refractivity contribution is 5.75. The van der Waals surface area contributed by atoms with Gasteiger partial charge >= 0.3 is 12.2 Å². The summed E-state index contributed by atoms with van der Waals surface area (Å²) in [5.41, 5.74) is 0.427. The highest BCUT2D eigenvalue weighted by Gasteiger charge is 2.33. The van der Waals surface area contributed by atoms with E-state index in [-0.39, 0.29) is 24.1 Å². The lowest BCUT2D eigenvalue weighted by molar-refractivity contribution is -0.138. The zero-order chi connectivity index (χ0) is 23.4. The lowest BCUT2D eigenvalue weighted by Gasteiger charge is -2.41. The van der Waals surface area contributed by atoms with E-state index in [1.807, 2.05) is 30.0 Å². The number of carbonyl (C=O) groups excluding carboxylic acids is 1. The van der Waals surface area contributed by atoms with Crippen molar-refractivity contribution in [1.82, 2.24) is 25.1 Å². The standard InChI is InChI=1S/C23H29F3N6O/c1-17-15-31(21-27-13-19(14-28-21)23(24,25)26)11-12-32(17)22(33)29-20-7-9-30(10-8-20)16-18-5-3-2-4-6-18/h2-6,13-14,17,20H,7-12,15-16H2,1H3,(H,29,33)/t17-/m0/s1. The third-order valence-corrected chi connectivity index (χ3v) is 6.30. The molecule has 2 aliphatic heterocycles. The molecule has 2 saturated heterocycles. The molecule has 1 atom stereocenters. The molecule has 7 nitrogen and oxygen atoms in total. The molecule has 33 heavy (non-hydrogen) atoms. The van der Waals surface area contributed by atoms with E-state index in [9.17, 15) is 18.0 Å². The van der Waals surface area contributed by atoms with E-state index < -0.39 is 11.7 Å². The number of piperidine rings is 1. The summed E-state index contributed by atoms with van der Waals surface area (Å²) in [6.07, 6.45) is -1.04. The Morgan fingerprint density at radius 2 is 1.73 bits per heavy atom. The van der Waals surface area contributed by atoms with E-state index in [0.29, 0.717) is 19.6 Å². The van der Waals surface area contributed by atoms with Crippen molar-refractivity contribution < 1.29 is 18.0 Å². The SMILES string of the molecule is C[C@H]1CN(c2ncc(C(F)(F)F)cn2)CCN1C(=O)NC1CCN(Cc2ccccc2)CC1. The van der Waals surface area contributed by atoms with Crippen LogP contribution in [0.2, 0.25) is 0 Å². The van der Waals surface area contributed by atoms with Crippen LogP contribution >= 0.6 is 0 Å². The van der Waals surface area contributed by atoms with Gasteiger partial charge in [0.1, 0.15) is 0 Å². The van der Waals surface area contributed by atoms with Gasteiger partial charge in [-0.2, -0.15) is 13.2 Å². The van der Waals surface area contributed by atoms with Crippen molar-refractivity contribution in [2.45, 2.75) is 44.6 Å². The molecule has 0 radical (unpaired) electrons. The van der Waals surface area contributed by atoms with Crippen molar-refractivity contribution >= 4 is 12.0 Å². The Morgan fingerprint density at radius 3 is 2.33 bits per heavy atom. The predicted molar refractivity (Wildman–Crippen MR) is 119 cm³/mol. The van der Waals surface area contributed by atoms with Gasteiger partial charge in [-0.25, -0.2) is 14.8 Å². The van der Waals surface area contributed by atoms with Crippen LogP contribution in [0.3, 0.4) is 0 Å². The number of amides is 2. The second kappa shape index (κ2) is 9.94. The number of alkyl halides is 3. The van der Waals surface area contributed by atoms with E-state index in [2.05, 4.69) is 32.3 Å². The number of piperazine rings is 1. The van der Waals surface area contributed by atoms with Gasteiger partial charge in [0.25, 0.3) is 0 Å². The number of benzene rings is 1. The maximum Gasteiger partial charge on any atom is 0.419 e. The molecule has 2 fully saturated rings. The second-order valence-electron chi connectivity index (χ2n) is 8.74. The smallest absolute Gasteiger partial charge is 0.337 e. The summed E-state index contributed by atoms with van der Waals surface area (Å²) in [6, 6.07) is 10.3. The fourth-order valence-corrected chi connectivity index (χ4v) is 4.41. The third-order valence-electron chi connectivity index (χ3n) is 6.30. The van der Waals surface area contributed by atoms with E-state index in [4.69, 9.17) is 0 Å². The minimum Gasteiger partial charge on any atom is -0.337 e. The van der Waals surface area contributed by atoms with Gasteiger partial charge in [0.15, 0.2) is 0 Å². The first-order valence-corrected chi connectivity index (χ1v) is 11.3. The lowest BCUT2D eigenvalue weighted by Crippen LogP contribution is -2.58. The van der Waals surface area contributed by atoms with Crippen molar-refractivity contribution in [3.8, 4) is 0 Å². The van der Waals surface area contributed by atoms with Gasteiger partial charge in [-0.05, 0) is 25.3 Å². The number of hydrogen-bond donors (Lipinski definition) is 1. The highest BCUT2D eigenvalue weighted by atomic mass is 19.4. The molecule has 1 aromatic carbocycles. The van der Waals surface area contributed by atoms with Gasteiger partial charge < -0.3 is 15.1 Å². The van der Waals surface area contributed by atoms with Crippen molar-refractivity contribution in [3.05, 3.63) is 53.9 Å². The van der Waals surface area contributed by atoms with E-state index in [1.165, 1.54) is 5.56 Å². The van der Waals surface area contributed by atoms with Gasteiger partial charge in [0, 0.05) is 63.7 Å². The summed E-state index contributed by atoms with van der Waals surface area (Å²) in [5, 5.41) is 3.17. The highest BCUT2D eigenvalue weighted by Crippen LogP contribution is 2.28. The number of nitrogens with zero attached hydrogens (tertiary/aromatic N) is 5. The number of aromatic nitrogens is 2. The molecule has 1 N–H and O–H groups in total. The molecule has 178 valence electrons. The average Bonchev–Trinajstić information content (AvgIpc) is 2.80. The first kappa shape index (κ1) is 23.3. The zero-order valence-electron chi connectivity index (χ0n) is 18.6. The molecule has 4 rings (SSSR count). The first-order valence-electron chi connectivity index (χ1n) is 11.3. The summed E-state index contributed by atoms with van der Waals surface area (Å²) in [4.78, 5) is 26.6. The van der Waals surface area contributed by atoms with Crippen LogP contribution in [0.4, 0.5) is 23.9 Å². The maximum atomic E-state index is 12.9. The van der Waals surface area contributed by atoms with Crippen LogP contribution in [0.15, 0.2) is 42.7 Å². The quantitative estimate of drug-likeness (QED) is 0.755. The van der Waals surface area contributed by atoms with Gasteiger partial charge in [0.2, 0.25) is 5.95 Å². The van der Waals surface area contributed by atoms with Gasteiger partial charge in [-0.1, -0.05) is 30.3 Å². The Hall–Kier alpha value is -2.88. The van der Waals surface area contributed by atoms with E-state index >= 15 is 0 Å². The number of carbonyl (C=O) groups is 1.